The molecule has 8 rings (SSSR count). The molecule has 0 aromatic heterocycles. The van der Waals surface area contributed by atoms with Crippen LogP contribution in [0, 0.1) is 25.7 Å². The van der Waals surface area contributed by atoms with Crippen LogP contribution in [0.2, 0.25) is 0 Å². The largest absolute Gasteiger partial charge is 0.297 e. The maximum atomic E-state index is 15.9. The Bertz CT molecular complexity index is 1940. The van der Waals surface area contributed by atoms with Gasteiger partial charge in [0, 0.05) is 4.47 Å². The Balaban J connectivity index is 1.55. The number of carbonyl (C=O) groups is 3. The zero-order valence-corrected chi connectivity index (χ0v) is 27.0. The predicted octanol–water partition coefficient (Wildman–Crippen LogP) is 8.25. The second-order valence-electron chi connectivity index (χ2n) is 12.6. The highest BCUT2D eigenvalue weighted by atomic mass is 79.9. The molecule has 1 saturated carbocycles. The first-order chi connectivity index (χ1) is 22.3. The second-order valence-corrected chi connectivity index (χ2v) is 13.5. The fourth-order valence-corrected chi connectivity index (χ4v) is 8.67. The number of fused-ring (bicyclic) bond motifs is 5. The molecule has 2 bridgehead atoms. The average molecular weight is 665 g/mol. The molecule has 2 fully saturated rings. The summed E-state index contributed by atoms with van der Waals surface area (Å²) in [5.74, 6) is -2.69. The molecular weight excluding hydrogens is 634 g/mol. The number of ketones is 1. The van der Waals surface area contributed by atoms with Crippen LogP contribution in [0.15, 0.2) is 138 Å². The van der Waals surface area contributed by atoms with Crippen LogP contribution >= 0.6 is 15.9 Å². The Hall–Kier alpha value is -4.87. The number of rotatable bonds is 5. The maximum Gasteiger partial charge on any atom is 0.239 e. The Labute approximate surface area is 276 Å². The summed E-state index contributed by atoms with van der Waals surface area (Å²) in [4.78, 5) is 47.3. The van der Waals surface area contributed by atoms with E-state index < -0.39 is 22.7 Å². The Kier molecular flexibility index (Phi) is 6.42. The van der Waals surface area contributed by atoms with Crippen molar-refractivity contribution in [2.24, 2.45) is 11.8 Å². The normalized spacial score (nSPS) is 25.0. The smallest absolute Gasteiger partial charge is 0.239 e. The van der Waals surface area contributed by atoms with E-state index in [0.717, 1.165) is 49.0 Å². The molecule has 1 heterocycles. The summed E-state index contributed by atoms with van der Waals surface area (Å²) in [5, 5.41) is 0. The number of halogens is 1. The van der Waals surface area contributed by atoms with Crippen LogP contribution in [-0.2, 0) is 25.2 Å². The summed E-state index contributed by atoms with van der Waals surface area (Å²) in [6.07, 6.45) is 0. The fraction of sp³-hybridized carbons (Fsp3) is 0.146. The molecule has 224 valence electrons. The highest BCUT2D eigenvalue weighted by Crippen LogP contribution is 2.74. The van der Waals surface area contributed by atoms with Crippen LogP contribution in [0.3, 0.4) is 0 Å². The Morgan fingerprint density at radius 3 is 1.30 bits per heavy atom. The molecule has 0 radical (unpaired) electrons. The Morgan fingerprint density at radius 1 is 0.522 bits per heavy atom. The van der Waals surface area contributed by atoms with Gasteiger partial charge in [-0.15, -0.1) is 0 Å². The number of aryl methyl sites for hydroxylation is 2. The molecule has 46 heavy (non-hydrogen) atoms. The lowest BCUT2D eigenvalue weighted by molar-refractivity contribution is -0.130. The minimum Gasteiger partial charge on any atom is -0.297 e. The van der Waals surface area contributed by atoms with Gasteiger partial charge in [-0.25, -0.2) is 4.90 Å². The molecule has 0 spiro atoms. The topological polar surface area (TPSA) is 54.5 Å². The van der Waals surface area contributed by atoms with Gasteiger partial charge in [0.25, 0.3) is 0 Å². The number of carbonyl (C=O) groups excluding carboxylic acids is 3. The lowest BCUT2D eigenvalue weighted by Crippen LogP contribution is -2.45. The van der Waals surface area contributed by atoms with E-state index in [1.807, 2.05) is 111 Å². The van der Waals surface area contributed by atoms with Crippen molar-refractivity contribution in [1.82, 2.24) is 0 Å². The lowest BCUT2D eigenvalue weighted by atomic mass is 9.59. The van der Waals surface area contributed by atoms with Crippen molar-refractivity contribution in [2.75, 3.05) is 4.90 Å². The minimum absolute atomic E-state index is 0.115. The average Bonchev–Trinajstić information content (AvgIpc) is 3.59. The molecule has 0 N–H and O–H groups in total. The number of benzene rings is 5. The minimum atomic E-state index is -1.41. The number of allylic oxidation sites excluding steroid dienone is 2. The van der Waals surface area contributed by atoms with Gasteiger partial charge in [-0.05, 0) is 71.5 Å². The fourth-order valence-electron chi connectivity index (χ4n) is 8.41. The molecule has 1 aliphatic heterocycles. The second kappa shape index (κ2) is 10.3. The maximum absolute atomic E-state index is 15.9. The van der Waals surface area contributed by atoms with Crippen molar-refractivity contribution in [3.63, 3.8) is 0 Å². The van der Waals surface area contributed by atoms with Crippen molar-refractivity contribution >= 4 is 50.4 Å². The summed E-state index contributed by atoms with van der Waals surface area (Å²) in [5.41, 5.74) is 4.67. The highest BCUT2D eigenvalue weighted by molar-refractivity contribution is 9.10. The zero-order valence-electron chi connectivity index (χ0n) is 25.4. The highest BCUT2D eigenvalue weighted by Gasteiger charge is 2.82. The quantitative estimate of drug-likeness (QED) is 0.178. The summed E-state index contributed by atoms with van der Waals surface area (Å²) in [7, 11) is 0. The number of nitrogens with zero attached hydrogens (tertiary/aromatic N) is 1. The standard InChI is InChI=1S/C41H30BrNO3/c1-25-13-17-27(18-14-25)33-34(28-19-15-26(2)16-20-28)41(30-11-7-4-8-12-30)36-35(40(33,39(41)46)29-9-5-3-6-10-29)37(44)43(38(36)45)32-23-21-31(42)22-24-32/h3-24,35-36H,1-2H3/t35-,36+,40-,41-/m1/s1. The molecule has 4 atom stereocenters. The van der Waals surface area contributed by atoms with Gasteiger partial charge in [-0.2, -0.15) is 0 Å². The van der Waals surface area contributed by atoms with Gasteiger partial charge >= 0.3 is 0 Å². The lowest BCUT2D eigenvalue weighted by Gasteiger charge is -2.39. The van der Waals surface area contributed by atoms with Crippen LogP contribution in [0.25, 0.3) is 11.1 Å². The van der Waals surface area contributed by atoms with Gasteiger partial charge in [-0.1, -0.05) is 136 Å². The molecule has 5 aromatic carbocycles. The SMILES string of the molecule is Cc1ccc(C2=C(c3ccc(C)cc3)[C@@]3(c4ccccc4)C(=O)[C@@]2(c2ccccc2)[C@@H]2C(=O)N(c4ccc(Br)cc4)C(=O)[C@@H]23)cc1. The van der Waals surface area contributed by atoms with E-state index in [9.17, 15) is 0 Å². The van der Waals surface area contributed by atoms with Crippen molar-refractivity contribution < 1.29 is 14.4 Å². The van der Waals surface area contributed by atoms with Gasteiger partial charge in [0.1, 0.15) is 0 Å². The molecular formula is C41H30BrNO3. The first kappa shape index (κ1) is 28.6. The molecule has 0 unspecified atom stereocenters. The van der Waals surface area contributed by atoms with Gasteiger partial charge in [-0.3, -0.25) is 14.4 Å². The van der Waals surface area contributed by atoms with Crippen LogP contribution in [0.5, 0.6) is 0 Å². The van der Waals surface area contributed by atoms with Crippen LogP contribution in [0.4, 0.5) is 5.69 Å². The third kappa shape index (κ3) is 3.63. The summed E-state index contributed by atoms with van der Waals surface area (Å²) in [6.45, 7) is 4.07. The number of anilines is 1. The number of hydrogen-bond acceptors (Lipinski definition) is 3. The number of amides is 2. The van der Waals surface area contributed by atoms with E-state index in [4.69, 9.17) is 0 Å². The van der Waals surface area contributed by atoms with Crippen molar-refractivity contribution in [2.45, 2.75) is 24.7 Å². The monoisotopic (exact) mass is 663 g/mol. The summed E-state index contributed by atoms with van der Waals surface area (Å²) >= 11 is 3.49. The van der Waals surface area contributed by atoms with Gasteiger partial charge < -0.3 is 0 Å². The molecule has 5 heteroatoms. The van der Waals surface area contributed by atoms with Gasteiger partial charge in [0.15, 0.2) is 5.78 Å². The Morgan fingerprint density at radius 2 is 0.913 bits per heavy atom. The van der Waals surface area contributed by atoms with E-state index in [2.05, 4.69) is 40.2 Å². The van der Waals surface area contributed by atoms with Crippen LogP contribution in [0.1, 0.15) is 33.4 Å². The zero-order chi connectivity index (χ0) is 31.8. The molecule has 4 nitrogen and oxygen atoms in total. The third-order valence-electron chi connectivity index (χ3n) is 10.2. The molecule has 2 amide bonds. The number of Topliss-reactive ketones (excluding diaryl/α,β-unsaturated/α-hetero) is 1. The number of hydrogen-bond donors (Lipinski definition) is 0. The van der Waals surface area contributed by atoms with Crippen molar-refractivity contribution in [3.05, 3.63) is 171 Å². The third-order valence-corrected chi connectivity index (χ3v) is 10.7. The molecule has 2 aliphatic carbocycles. The molecule has 1 saturated heterocycles. The van der Waals surface area contributed by atoms with E-state index in [1.54, 1.807) is 12.1 Å². The first-order valence-electron chi connectivity index (χ1n) is 15.5. The van der Waals surface area contributed by atoms with Gasteiger partial charge in [0.05, 0.1) is 28.4 Å². The van der Waals surface area contributed by atoms with Crippen molar-refractivity contribution in [3.8, 4) is 0 Å². The van der Waals surface area contributed by atoms with E-state index in [1.165, 1.54) is 4.90 Å². The van der Waals surface area contributed by atoms with E-state index in [0.29, 0.717) is 5.69 Å². The van der Waals surface area contributed by atoms with Gasteiger partial charge in [0.2, 0.25) is 11.8 Å². The molecule has 3 aliphatic rings. The van der Waals surface area contributed by atoms with E-state index >= 15 is 14.4 Å². The van der Waals surface area contributed by atoms with Crippen LogP contribution < -0.4 is 4.90 Å². The summed E-state index contributed by atoms with van der Waals surface area (Å²) in [6, 6.07) is 42.9. The first-order valence-corrected chi connectivity index (χ1v) is 16.3. The van der Waals surface area contributed by atoms with Crippen molar-refractivity contribution in [1.29, 1.82) is 0 Å². The van der Waals surface area contributed by atoms with Crippen LogP contribution in [-0.4, -0.2) is 17.6 Å². The predicted molar refractivity (Wildman–Crippen MR) is 184 cm³/mol. The number of imide groups is 1. The molecule has 5 aromatic rings. The van der Waals surface area contributed by atoms with E-state index in [-0.39, 0.29) is 17.6 Å². The summed E-state index contributed by atoms with van der Waals surface area (Å²) < 4.78 is 0.845.